The largest absolute Gasteiger partial charge is 0.481 e. The van der Waals surface area contributed by atoms with Gasteiger partial charge in [0.25, 0.3) is 0 Å². The van der Waals surface area contributed by atoms with E-state index in [1.54, 1.807) is 0 Å². The summed E-state index contributed by atoms with van der Waals surface area (Å²) in [5, 5.41) is 8.59. The summed E-state index contributed by atoms with van der Waals surface area (Å²) in [6.07, 6.45) is 5.60. The zero-order chi connectivity index (χ0) is 11.5. The van der Waals surface area contributed by atoms with Crippen LogP contribution in [0.3, 0.4) is 0 Å². The van der Waals surface area contributed by atoms with E-state index in [1.165, 1.54) is 12.8 Å². The van der Waals surface area contributed by atoms with E-state index in [0.717, 1.165) is 12.8 Å². The number of hydrogen-bond donors (Lipinski definition) is 2. The summed E-state index contributed by atoms with van der Waals surface area (Å²) in [4.78, 5) is 10.4. The molecule has 0 spiro atoms. The summed E-state index contributed by atoms with van der Waals surface area (Å²) in [5.74, 6) is -0.195. The second-order valence-electron chi connectivity index (χ2n) is 5.60. The van der Waals surface area contributed by atoms with Gasteiger partial charge in [-0.2, -0.15) is 0 Å². The molecule has 1 rings (SSSR count). The van der Waals surface area contributed by atoms with Crippen molar-refractivity contribution in [1.82, 2.24) is 0 Å². The number of aliphatic carboxylic acids is 1. The van der Waals surface area contributed by atoms with E-state index in [0.29, 0.717) is 17.8 Å². The molecule has 1 aliphatic carbocycles. The van der Waals surface area contributed by atoms with Crippen molar-refractivity contribution in [1.29, 1.82) is 0 Å². The van der Waals surface area contributed by atoms with Crippen LogP contribution in [0.2, 0.25) is 0 Å². The molecule has 0 aromatic heterocycles. The summed E-state index contributed by atoms with van der Waals surface area (Å²) in [6.45, 7) is 4.60. The Kier molecular flexibility index (Phi) is 4.14. The summed E-state index contributed by atoms with van der Waals surface area (Å²) >= 11 is 0. The molecule has 1 saturated carbocycles. The minimum Gasteiger partial charge on any atom is -0.481 e. The third-order valence-electron chi connectivity index (χ3n) is 3.68. The molecule has 1 unspecified atom stereocenters. The van der Waals surface area contributed by atoms with Gasteiger partial charge in [0.05, 0.1) is 0 Å². The highest BCUT2D eigenvalue weighted by Gasteiger charge is 2.29. The first kappa shape index (κ1) is 12.5. The third-order valence-corrected chi connectivity index (χ3v) is 3.68. The van der Waals surface area contributed by atoms with E-state index in [1.807, 2.05) is 0 Å². The van der Waals surface area contributed by atoms with Crippen molar-refractivity contribution in [3.63, 3.8) is 0 Å². The molecule has 0 amide bonds. The average molecular weight is 213 g/mol. The van der Waals surface area contributed by atoms with Gasteiger partial charge in [0.1, 0.15) is 0 Å². The van der Waals surface area contributed by atoms with Crippen LogP contribution in [0.25, 0.3) is 0 Å². The number of carboxylic acids is 1. The van der Waals surface area contributed by atoms with Gasteiger partial charge in [-0.1, -0.05) is 13.8 Å². The molecule has 0 aromatic carbocycles. The van der Waals surface area contributed by atoms with Gasteiger partial charge in [-0.05, 0) is 43.4 Å². The normalized spacial score (nSPS) is 23.7. The van der Waals surface area contributed by atoms with E-state index in [9.17, 15) is 4.79 Å². The molecular formula is C12H23NO2. The first-order chi connectivity index (χ1) is 6.91. The van der Waals surface area contributed by atoms with E-state index in [2.05, 4.69) is 13.8 Å². The van der Waals surface area contributed by atoms with Crippen LogP contribution in [0.1, 0.15) is 52.4 Å². The third kappa shape index (κ3) is 4.20. The Morgan fingerprint density at radius 3 is 2.47 bits per heavy atom. The minimum atomic E-state index is -0.735. The van der Waals surface area contributed by atoms with E-state index >= 15 is 0 Å². The highest BCUT2D eigenvalue weighted by molar-refractivity contribution is 5.66. The van der Waals surface area contributed by atoms with Gasteiger partial charge < -0.3 is 10.8 Å². The van der Waals surface area contributed by atoms with Crippen molar-refractivity contribution >= 4 is 5.97 Å². The van der Waals surface area contributed by atoms with Crippen LogP contribution in [-0.4, -0.2) is 17.1 Å². The van der Waals surface area contributed by atoms with Crippen molar-refractivity contribution in [3.05, 3.63) is 0 Å². The fourth-order valence-corrected chi connectivity index (χ4v) is 2.38. The predicted molar refractivity (Wildman–Crippen MR) is 60.6 cm³/mol. The smallest absolute Gasteiger partial charge is 0.303 e. The van der Waals surface area contributed by atoms with Gasteiger partial charge in [0, 0.05) is 12.5 Å². The first-order valence-corrected chi connectivity index (χ1v) is 5.88. The molecule has 0 bridgehead atoms. The maximum atomic E-state index is 10.4. The molecule has 3 N–H and O–H groups in total. The summed E-state index contributed by atoms with van der Waals surface area (Å²) in [6, 6.07) is 0.0807. The molecule has 0 aliphatic heterocycles. The van der Waals surface area contributed by atoms with Crippen LogP contribution >= 0.6 is 0 Å². The molecule has 1 fully saturated rings. The Labute approximate surface area is 92.0 Å². The lowest BCUT2D eigenvalue weighted by atomic mass is 9.71. The highest BCUT2D eigenvalue weighted by atomic mass is 16.4. The standard InChI is InChI=1S/C12H23NO2/c1-12(2)7-5-9(6-8-12)10(13)3-4-11(14)15/h9-10H,3-8,13H2,1-2H3,(H,14,15). The highest BCUT2D eigenvalue weighted by Crippen LogP contribution is 2.39. The van der Waals surface area contributed by atoms with Crippen LogP contribution in [0.4, 0.5) is 0 Å². The second kappa shape index (κ2) is 4.97. The summed E-state index contributed by atoms with van der Waals surface area (Å²) in [5.41, 5.74) is 6.48. The molecule has 1 aliphatic rings. The van der Waals surface area contributed by atoms with Crippen molar-refractivity contribution in [2.45, 2.75) is 58.4 Å². The Bertz CT molecular complexity index is 216. The molecule has 3 nitrogen and oxygen atoms in total. The number of hydrogen-bond acceptors (Lipinski definition) is 2. The predicted octanol–water partition coefficient (Wildman–Crippen LogP) is 2.39. The maximum Gasteiger partial charge on any atom is 0.303 e. The topological polar surface area (TPSA) is 63.3 Å². The molecule has 3 heteroatoms. The van der Waals surface area contributed by atoms with Gasteiger partial charge in [-0.3, -0.25) is 4.79 Å². The Balaban J connectivity index is 2.30. The van der Waals surface area contributed by atoms with Crippen molar-refractivity contribution in [3.8, 4) is 0 Å². The maximum absolute atomic E-state index is 10.4. The van der Waals surface area contributed by atoms with Crippen LogP contribution in [0.5, 0.6) is 0 Å². The minimum absolute atomic E-state index is 0.0807. The molecular weight excluding hydrogens is 190 g/mol. The van der Waals surface area contributed by atoms with Crippen LogP contribution < -0.4 is 5.73 Å². The molecule has 0 aromatic rings. The molecule has 0 heterocycles. The average Bonchev–Trinajstić information content (AvgIpc) is 2.14. The number of rotatable bonds is 4. The zero-order valence-electron chi connectivity index (χ0n) is 9.83. The SMILES string of the molecule is CC1(C)CCC(C(N)CCC(=O)O)CC1. The van der Waals surface area contributed by atoms with Gasteiger partial charge in [-0.25, -0.2) is 0 Å². The molecule has 88 valence electrons. The number of nitrogens with two attached hydrogens (primary N) is 1. The summed E-state index contributed by atoms with van der Waals surface area (Å²) < 4.78 is 0. The van der Waals surface area contributed by atoms with Crippen molar-refractivity contribution < 1.29 is 9.90 Å². The fraction of sp³-hybridized carbons (Fsp3) is 0.917. The van der Waals surface area contributed by atoms with Gasteiger partial charge in [0.2, 0.25) is 0 Å². The molecule has 15 heavy (non-hydrogen) atoms. The first-order valence-electron chi connectivity index (χ1n) is 5.88. The van der Waals surface area contributed by atoms with Crippen molar-refractivity contribution in [2.75, 3.05) is 0 Å². The number of carbonyl (C=O) groups is 1. The zero-order valence-corrected chi connectivity index (χ0v) is 9.83. The Morgan fingerprint density at radius 2 is 2.00 bits per heavy atom. The number of carboxylic acid groups (broad SMARTS) is 1. The van der Waals surface area contributed by atoms with Crippen LogP contribution in [-0.2, 0) is 4.79 Å². The van der Waals surface area contributed by atoms with E-state index in [-0.39, 0.29) is 12.5 Å². The monoisotopic (exact) mass is 213 g/mol. The van der Waals surface area contributed by atoms with E-state index < -0.39 is 5.97 Å². The van der Waals surface area contributed by atoms with Gasteiger partial charge in [-0.15, -0.1) is 0 Å². The molecule has 0 radical (unpaired) electrons. The van der Waals surface area contributed by atoms with Crippen LogP contribution in [0, 0.1) is 11.3 Å². The van der Waals surface area contributed by atoms with Gasteiger partial charge in [0.15, 0.2) is 0 Å². The lowest BCUT2D eigenvalue weighted by molar-refractivity contribution is -0.137. The molecule has 1 atom stereocenters. The van der Waals surface area contributed by atoms with Crippen molar-refractivity contribution in [2.24, 2.45) is 17.1 Å². The van der Waals surface area contributed by atoms with E-state index in [4.69, 9.17) is 10.8 Å². The lowest BCUT2D eigenvalue weighted by Crippen LogP contribution is -2.35. The fourth-order valence-electron chi connectivity index (χ4n) is 2.38. The summed E-state index contributed by atoms with van der Waals surface area (Å²) in [7, 11) is 0. The Hall–Kier alpha value is -0.570. The second-order valence-corrected chi connectivity index (χ2v) is 5.60. The van der Waals surface area contributed by atoms with Crippen LogP contribution in [0.15, 0.2) is 0 Å². The Morgan fingerprint density at radius 1 is 1.47 bits per heavy atom. The quantitative estimate of drug-likeness (QED) is 0.753. The van der Waals surface area contributed by atoms with Gasteiger partial charge >= 0.3 is 5.97 Å². The lowest BCUT2D eigenvalue weighted by Gasteiger charge is -2.36. The molecule has 0 saturated heterocycles.